The summed E-state index contributed by atoms with van der Waals surface area (Å²) in [6.45, 7) is 2.56. The average Bonchev–Trinajstić information content (AvgIpc) is 3.11. The number of hydrogen-bond donors (Lipinski definition) is 0. The van der Waals surface area contributed by atoms with Gasteiger partial charge in [0.1, 0.15) is 0 Å². The lowest BCUT2D eigenvalue weighted by molar-refractivity contribution is -0.127. The van der Waals surface area contributed by atoms with Crippen molar-refractivity contribution in [2.75, 3.05) is 0 Å². The van der Waals surface area contributed by atoms with E-state index in [0.717, 1.165) is 18.4 Å². The molecule has 0 spiro atoms. The third kappa shape index (κ3) is 2.69. The second-order valence-electron chi connectivity index (χ2n) is 4.05. The van der Waals surface area contributed by atoms with Gasteiger partial charge in [0.05, 0.1) is 0 Å². The van der Waals surface area contributed by atoms with E-state index >= 15 is 0 Å². The SMILES string of the molecule is CC=CC(=O)N(Cc1ccncc1)C1CC1. The predicted molar refractivity (Wildman–Crippen MR) is 62.6 cm³/mol. The van der Waals surface area contributed by atoms with Gasteiger partial charge >= 0.3 is 0 Å². The Morgan fingerprint density at radius 3 is 2.75 bits per heavy atom. The maximum absolute atomic E-state index is 11.9. The van der Waals surface area contributed by atoms with Crippen LogP contribution in [0.1, 0.15) is 25.3 Å². The zero-order chi connectivity index (χ0) is 11.4. The summed E-state index contributed by atoms with van der Waals surface area (Å²) in [5, 5.41) is 0. The van der Waals surface area contributed by atoms with Gasteiger partial charge in [0.25, 0.3) is 0 Å². The summed E-state index contributed by atoms with van der Waals surface area (Å²) >= 11 is 0. The molecule has 0 aromatic carbocycles. The minimum Gasteiger partial charge on any atom is -0.332 e. The first-order valence-electron chi connectivity index (χ1n) is 5.63. The van der Waals surface area contributed by atoms with Crippen LogP contribution in [-0.4, -0.2) is 21.8 Å². The summed E-state index contributed by atoms with van der Waals surface area (Å²) < 4.78 is 0. The molecule has 0 N–H and O–H groups in total. The molecule has 2 rings (SSSR count). The molecule has 0 radical (unpaired) electrons. The number of aromatic nitrogens is 1. The van der Waals surface area contributed by atoms with Crippen molar-refractivity contribution in [3.63, 3.8) is 0 Å². The van der Waals surface area contributed by atoms with Gasteiger partial charge in [-0.1, -0.05) is 6.08 Å². The van der Waals surface area contributed by atoms with E-state index in [2.05, 4.69) is 4.98 Å². The molecule has 0 unspecified atom stereocenters. The Morgan fingerprint density at radius 1 is 1.50 bits per heavy atom. The molecule has 1 aliphatic rings. The second kappa shape index (κ2) is 4.92. The Hall–Kier alpha value is -1.64. The van der Waals surface area contributed by atoms with E-state index in [0.29, 0.717) is 12.6 Å². The first kappa shape index (κ1) is 10.9. The lowest BCUT2D eigenvalue weighted by Gasteiger charge is -2.20. The van der Waals surface area contributed by atoms with Crippen molar-refractivity contribution < 1.29 is 4.79 Å². The van der Waals surface area contributed by atoms with Crippen LogP contribution >= 0.6 is 0 Å². The van der Waals surface area contributed by atoms with E-state index in [4.69, 9.17) is 0 Å². The second-order valence-corrected chi connectivity index (χ2v) is 4.05. The first-order chi connectivity index (χ1) is 7.81. The van der Waals surface area contributed by atoms with Crippen molar-refractivity contribution in [2.45, 2.75) is 32.4 Å². The van der Waals surface area contributed by atoms with Gasteiger partial charge in [0.2, 0.25) is 5.91 Å². The van der Waals surface area contributed by atoms with Crippen LogP contribution in [0.2, 0.25) is 0 Å². The van der Waals surface area contributed by atoms with Gasteiger partial charge in [-0.25, -0.2) is 0 Å². The molecule has 84 valence electrons. The van der Waals surface area contributed by atoms with Crippen molar-refractivity contribution in [2.24, 2.45) is 0 Å². The monoisotopic (exact) mass is 216 g/mol. The molecule has 1 saturated carbocycles. The molecule has 1 heterocycles. The van der Waals surface area contributed by atoms with Gasteiger partial charge in [0, 0.05) is 25.0 Å². The Morgan fingerprint density at radius 2 is 2.19 bits per heavy atom. The molecular weight excluding hydrogens is 200 g/mol. The molecule has 3 nitrogen and oxygen atoms in total. The van der Waals surface area contributed by atoms with E-state index in [1.165, 1.54) is 0 Å². The summed E-state index contributed by atoms with van der Waals surface area (Å²) in [5.74, 6) is 0.113. The zero-order valence-electron chi connectivity index (χ0n) is 9.47. The fourth-order valence-electron chi connectivity index (χ4n) is 1.70. The fourth-order valence-corrected chi connectivity index (χ4v) is 1.70. The lowest BCUT2D eigenvalue weighted by Crippen LogP contribution is -2.31. The third-order valence-corrected chi connectivity index (χ3v) is 2.68. The summed E-state index contributed by atoms with van der Waals surface area (Å²) in [4.78, 5) is 17.8. The molecule has 1 aromatic rings. The highest BCUT2D eigenvalue weighted by atomic mass is 16.2. The number of carbonyl (C=O) groups excluding carboxylic acids is 1. The summed E-state index contributed by atoms with van der Waals surface area (Å²) in [7, 11) is 0. The van der Waals surface area contributed by atoms with Crippen LogP contribution in [0.4, 0.5) is 0 Å². The molecule has 16 heavy (non-hydrogen) atoms. The minimum absolute atomic E-state index is 0.113. The van der Waals surface area contributed by atoms with Crippen molar-refractivity contribution in [3.05, 3.63) is 42.2 Å². The van der Waals surface area contributed by atoms with Crippen molar-refractivity contribution >= 4 is 5.91 Å². The van der Waals surface area contributed by atoms with E-state index < -0.39 is 0 Å². The van der Waals surface area contributed by atoms with E-state index in [-0.39, 0.29) is 5.91 Å². The normalized spacial score (nSPS) is 15.3. The minimum atomic E-state index is 0.113. The molecule has 3 heteroatoms. The number of amides is 1. The maximum Gasteiger partial charge on any atom is 0.246 e. The molecule has 1 fully saturated rings. The Kier molecular flexibility index (Phi) is 3.34. The van der Waals surface area contributed by atoms with Crippen LogP contribution in [0.15, 0.2) is 36.7 Å². The molecular formula is C13H16N2O. The predicted octanol–water partition coefficient (Wildman–Crippen LogP) is 2.15. The van der Waals surface area contributed by atoms with Gasteiger partial charge < -0.3 is 4.90 Å². The van der Waals surface area contributed by atoms with Gasteiger partial charge in [-0.05, 0) is 43.5 Å². The molecule has 1 amide bonds. The van der Waals surface area contributed by atoms with Crippen molar-refractivity contribution in [1.29, 1.82) is 0 Å². The topological polar surface area (TPSA) is 33.2 Å². The van der Waals surface area contributed by atoms with Crippen LogP contribution < -0.4 is 0 Å². The highest BCUT2D eigenvalue weighted by Gasteiger charge is 2.31. The molecule has 0 bridgehead atoms. The van der Waals surface area contributed by atoms with E-state index in [9.17, 15) is 4.79 Å². The number of nitrogens with zero attached hydrogens (tertiary/aromatic N) is 2. The highest BCUT2D eigenvalue weighted by molar-refractivity contribution is 5.88. The molecule has 0 saturated heterocycles. The van der Waals surface area contributed by atoms with Crippen molar-refractivity contribution in [1.82, 2.24) is 9.88 Å². The van der Waals surface area contributed by atoms with E-state index in [1.807, 2.05) is 24.0 Å². The van der Waals surface area contributed by atoms with Gasteiger partial charge in [-0.15, -0.1) is 0 Å². The highest BCUT2D eigenvalue weighted by Crippen LogP contribution is 2.28. The molecule has 0 aliphatic heterocycles. The number of carbonyl (C=O) groups is 1. The zero-order valence-corrected chi connectivity index (χ0v) is 9.47. The number of hydrogen-bond acceptors (Lipinski definition) is 2. The summed E-state index contributed by atoms with van der Waals surface area (Å²) in [6, 6.07) is 4.35. The number of pyridine rings is 1. The maximum atomic E-state index is 11.9. The lowest BCUT2D eigenvalue weighted by atomic mass is 10.2. The molecule has 1 aromatic heterocycles. The Bertz CT molecular complexity index is 382. The van der Waals surface area contributed by atoms with Crippen LogP contribution in [0.3, 0.4) is 0 Å². The standard InChI is InChI=1S/C13H16N2O/c1-2-3-13(16)15(12-4-5-12)10-11-6-8-14-9-7-11/h2-3,6-9,12H,4-5,10H2,1H3. The van der Waals surface area contributed by atoms with Crippen LogP contribution in [0.25, 0.3) is 0 Å². The van der Waals surface area contributed by atoms with E-state index in [1.54, 1.807) is 24.5 Å². The Labute approximate surface area is 95.8 Å². The largest absolute Gasteiger partial charge is 0.332 e. The molecule has 0 atom stereocenters. The van der Waals surface area contributed by atoms with Gasteiger partial charge in [-0.3, -0.25) is 9.78 Å². The van der Waals surface area contributed by atoms with Crippen molar-refractivity contribution in [3.8, 4) is 0 Å². The van der Waals surface area contributed by atoms with Gasteiger partial charge in [-0.2, -0.15) is 0 Å². The van der Waals surface area contributed by atoms with Crippen LogP contribution in [0.5, 0.6) is 0 Å². The van der Waals surface area contributed by atoms with Gasteiger partial charge in [0.15, 0.2) is 0 Å². The fraction of sp³-hybridized carbons (Fsp3) is 0.385. The number of allylic oxidation sites excluding steroid dienone is 1. The average molecular weight is 216 g/mol. The third-order valence-electron chi connectivity index (χ3n) is 2.68. The molecule has 1 aliphatic carbocycles. The van der Waals surface area contributed by atoms with Crippen LogP contribution in [0, 0.1) is 0 Å². The van der Waals surface area contributed by atoms with Crippen LogP contribution in [-0.2, 0) is 11.3 Å². The Balaban J connectivity index is 2.06. The summed E-state index contributed by atoms with van der Waals surface area (Å²) in [5.41, 5.74) is 1.14. The quantitative estimate of drug-likeness (QED) is 0.722. The number of rotatable bonds is 4. The summed E-state index contributed by atoms with van der Waals surface area (Å²) in [6.07, 6.45) is 9.23. The smallest absolute Gasteiger partial charge is 0.246 e. The first-order valence-corrected chi connectivity index (χ1v) is 5.63.